The highest BCUT2D eigenvalue weighted by atomic mass is 32.1. The summed E-state index contributed by atoms with van der Waals surface area (Å²) in [6, 6.07) is 1.97. The lowest BCUT2D eigenvalue weighted by Crippen LogP contribution is -2.42. The summed E-state index contributed by atoms with van der Waals surface area (Å²) >= 11 is 1.34. The minimum absolute atomic E-state index is 0.0878. The molecule has 142 valence electrons. The SMILES string of the molecule is CNc1nc(C)c(-c2nc(NC3CCN(C(=O)CC#N)CC3)ncc2F)s1. The van der Waals surface area contributed by atoms with Crippen LogP contribution in [0.25, 0.3) is 10.6 Å². The normalized spacial score (nSPS) is 14.7. The highest BCUT2D eigenvalue weighted by molar-refractivity contribution is 7.19. The molecule has 2 N–H and O–H groups in total. The number of nitrogens with zero attached hydrogens (tertiary/aromatic N) is 5. The summed E-state index contributed by atoms with van der Waals surface area (Å²) < 4.78 is 14.3. The Kier molecular flexibility index (Phi) is 5.81. The van der Waals surface area contributed by atoms with Crippen molar-refractivity contribution >= 4 is 28.3 Å². The summed E-state index contributed by atoms with van der Waals surface area (Å²) in [6.45, 7) is 2.97. The number of likely N-dealkylation sites (tertiary alicyclic amines) is 1. The number of hydrogen-bond donors (Lipinski definition) is 2. The van der Waals surface area contributed by atoms with Gasteiger partial charge in [-0.1, -0.05) is 11.3 Å². The fraction of sp³-hybridized carbons (Fsp3) is 0.471. The molecular weight excluding hydrogens is 369 g/mol. The van der Waals surface area contributed by atoms with Gasteiger partial charge in [-0.2, -0.15) is 5.26 Å². The topological polar surface area (TPSA) is 107 Å². The molecule has 1 saturated heterocycles. The zero-order valence-electron chi connectivity index (χ0n) is 15.1. The minimum Gasteiger partial charge on any atom is -0.365 e. The number of piperidine rings is 1. The van der Waals surface area contributed by atoms with Crippen LogP contribution in [-0.4, -0.2) is 51.9 Å². The van der Waals surface area contributed by atoms with E-state index in [1.54, 1.807) is 11.9 Å². The van der Waals surface area contributed by atoms with E-state index in [2.05, 4.69) is 25.6 Å². The van der Waals surface area contributed by atoms with E-state index < -0.39 is 5.82 Å². The summed E-state index contributed by atoms with van der Waals surface area (Å²) in [6.07, 6.45) is 2.51. The van der Waals surface area contributed by atoms with Crippen LogP contribution < -0.4 is 10.6 Å². The third-order valence-electron chi connectivity index (χ3n) is 4.38. The molecule has 0 saturated carbocycles. The van der Waals surface area contributed by atoms with E-state index in [1.807, 2.05) is 13.0 Å². The van der Waals surface area contributed by atoms with Crippen LogP contribution in [0.4, 0.5) is 15.5 Å². The second kappa shape index (κ2) is 8.26. The highest BCUT2D eigenvalue weighted by Crippen LogP contribution is 2.33. The predicted molar refractivity (Wildman–Crippen MR) is 101 cm³/mol. The number of thiazole rings is 1. The molecule has 1 amide bonds. The molecule has 0 spiro atoms. The maximum atomic E-state index is 14.3. The van der Waals surface area contributed by atoms with E-state index in [-0.39, 0.29) is 24.1 Å². The molecule has 0 bridgehead atoms. The highest BCUT2D eigenvalue weighted by Gasteiger charge is 2.23. The van der Waals surface area contributed by atoms with Crippen molar-refractivity contribution in [3.63, 3.8) is 0 Å². The van der Waals surface area contributed by atoms with Gasteiger partial charge in [0.15, 0.2) is 10.9 Å². The van der Waals surface area contributed by atoms with Gasteiger partial charge < -0.3 is 15.5 Å². The quantitative estimate of drug-likeness (QED) is 0.808. The molecule has 1 fully saturated rings. The van der Waals surface area contributed by atoms with Crippen molar-refractivity contribution in [2.24, 2.45) is 0 Å². The number of halogens is 1. The molecule has 1 aliphatic rings. The van der Waals surface area contributed by atoms with Gasteiger partial charge in [-0.05, 0) is 19.8 Å². The Morgan fingerprint density at radius 3 is 2.81 bits per heavy atom. The molecule has 0 aliphatic carbocycles. The molecule has 10 heteroatoms. The van der Waals surface area contributed by atoms with Crippen molar-refractivity contribution in [1.29, 1.82) is 5.26 Å². The van der Waals surface area contributed by atoms with Crippen molar-refractivity contribution in [2.45, 2.75) is 32.2 Å². The van der Waals surface area contributed by atoms with Gasteiger partial charge in [0.1, 0.15) is 12.1 Å². The Morgan fingerprint density at radius 1 is 1.44 bits per heavy atom. The van der Waals surface area contributed by atoms with E-state index >= 15 is 0 Å². The van der Waals surface area contributed by atoms with Gasteiger partial charge in [0, 0.05) is 26.2 Å². The molecular formula is C17H20FN7OS. The Balaban J connectivity index is 1.69. The third kappa shape index (κ3) is 4.31. The first-order chi connectivity index (χ1) is 13.0. The Bertz CT molecular complexity index is 871. The molecule has 2 aromatic rings. The number of aromatic nitrogens is 3. The van der Waals surface area contributed by atoms with Gasteiger partial charge in [0.25, 0.3) is 0 Å². The number of anilines is 2. The molecule has 8 nitrogen and oxygen atoms in total. The molecule has 1 aliphatic heterocycles. The Labute approximate surface area is 160 Å². The molecule has 27 heavy (non-hydrogen) atoms. The summed E-state index contributed by atoms with van der Waals surface area (Å²) in [4.78, 5) is 26.9. The first-order valence-electron chi connectivity index (χ1n) is 8.61. The third-order valence-corrected chi connectivity index (χ3v) is 5.56. The predicted octanol–water partition coefficient (Wildman–Crippen LogP) is 2.41. The number of nitrogens with one attached hydrogen (secondary N) is 2. The molecule has 0 atom stereocenters. The largest absolute Gasteiger partial charge is 0.365 e. The average Bonchev–Trinajstić information content (AvgIpc) is 3.05. The second-order valence-electron chi connectivity index (χ2n) is 6.21. The van der Waals surface area contributed by atoms with E-state index in [1.165, 1.54) is 11.3 Å². The maximum absolute atomic E-state index is 14.3. The van der Waals surface area contributed by atoms with Crippen molar-refractivity contribution in [2.75, 3.05) is 30.8 Å². The fourth-order valence-corrected chi connectivity index (χ4v) is 3.87. The van der Waals surface area contributed by atoms with Crippen LogP contribution in [-0.2, 0) is 4.79 Å². The lowest BCUT2D eigenvalue weighted by atomic mass is 10.0. The van der Waals surface area contributed by atoms with E-state index in [0.29, 0.717) is 34.7 Å². The monoisotopic (exact) mass is 389 g/mol. The van der Waals surface area contributed by atoms with Gasteiger partial charge >= 0.3 is 0 Å². The van der Waals surface area contributed by atoms with Gasteiger partial charge in [-0.25, -0.2) is 19.3 Å². The summed E-state index contributed by atoms with van der Waals surface area (Å²) in [5, 5.41) is 15.5. The molecule has 3 rings (SSSR count). The van der Waals surface area contributed by atoms with Crippen LogP contribution in [0.15, 0.2) is 6.20 Å². The van der Waals surface area contributed by atoms with Crippen LogP contribution in [0.5, 0.6) is 0 Å². The molecule has 0 aromatic carbocycles. The van der Waals surface area contributed by atoms with Crippen LogP contribution in [0.3, 0.4) is 0 Å². The minimum atomic E-state index is -0.494. The smallest absolute Gasteiger partial charge is 0.236 e. The van der Waals surface area contributed by atoms with Crippen molar-refractivity contribution in [1.82, 2.24) is 19.9 Å². The van der Waals surface area contributed by atoms with E-state index in [9.17, 15) is 9.18 Å². The molecule has 0 unspecified atom stereocenters. The van der Waals surface area contributed by atoms with E-state index in [4.69, 9.17) is 5.26 Å². The fourth-order valence-electron chi connectivity index (χ4n) is 2.95. The first kappa shape index (κ1) is 19.0. The lowest BCUT2D eigenvalue weighted by Gasteiger charge is -2.32. The standard InChI is InChI=1S/C17H20FN7OS/c1-10-15(27-17(20-2)22-10)14-12(18)9-21-16(24-14)23-11-4-7-25(8-5-11)13(26)3-6-19/h9,11H,3-5,7-8H2,1-2H3,(H,20,22)(H,21,23,24). The summed E-state index contributed by atoms with van der Waals surface area (Å²) in [5.74, 6) is -0.281. The zero-order chi connectivity index (χ0) is 19.4. The zero-order valence-corrected chi connectivity index (χ0v) is 15.9. The first-order valence-corrected chi connectivity index (χ1v) is 9.42. The number of carbonyl (C=O) groups excluding carboxylic acids is 1. The van der Waals surface area contributed by atoms with Crippen LogP contribution in [0, 0.1) is 24.1 Å². The van der Waals surface area contributed by atoms with Crippen LogP contribution >= 0.6 is 11.3 Å². The Morgan fingerprint density at radius 2 is 2.19 bits per heavy atom. The maximum Gasteiger partial charge on any atom is 0.236 e. The van der Waals surface area contributed by atoms with Gasteiger partial charge in [0.2, 0.25) is 11.9 Å². The number of carbonyl (C=O) groups is 1. The Hall–Kier alpha value is -2.80. The number of hydrogen-bond acceptors (Lipinski definition) is 8. The number of rotatable bonds is 5. The number of aryl methyl sites for hydroxylation is 1. The van der Waals surface area contributed by atoms with Crippen LogP contribution in [0.1, 0.15) is 25.0 Å². The average molecular weight is 389 g/mol. The van der Waals surface area contributed by atoms with Gasteiger partial charge in [-0.3, -0.25) is 4.79 Å². The number of amides is 1. The summed E-state index contributed by atoms with van der Waals surface area (Å²) in [7, 11) is 1.76. The molecule has 2 aromatic heterocycles. The van der Waals surface area contributed by atoms with Gasteiger partial charge in [-0.15, -0.1) is 0 Å². The van der Waals surface area contributed by atoms with Crippen molar-refractivity contribution < 1.29 is 9.18 Å². The van der Waals surface area contributed by atoms with Gasteiger partial charge in [0.05, 0.1) is 22.8 Å². The number of nitriles is 1. The van der Waals surface area contributed by atoms with E-state index in [0.717, 1.165) is 19.0 Å². The van der Waals surface area contributed by atoms with Crippen molar-refractivity contribution in [3.8, 4) is 16.6 Å². The summed E-state index contributed by atoms with van der Waals surface area (Å²) in [5.41, 5.74) is 0.933. The second-order valence-corrected chi connectivity index (χ2v) is 7.21. The van der Waals surface area contributed by atoms with Crippen LogP contribution in [0.2, 0.25) is 0 Å². The lowest BCUT2D eigenvalue weighted by molar-refractivity contribution is -0.131. The van der Waals surface area contributed by atoms with Crippen molar-refractivity contribution in [3.05, 3.63) is 17.7 Å². The molecule has 0 radical (unpaired) electrons. The molecule has 3 heterocycles.